The molecule has 2 nitrogen and oxygen atoms in total. The van der Waals surface area contributed by atoms with E-state index in [1.54, 1.807) is 0 Å². The molecule has 0 amide bonds. The van der Waals surface area contributed by atoms with E-state index in [2.05, 4.69) is 27.7 Å². The number of unbranched alkanes of at least 4 members (excludes halogenated alkanes) is 1. The lowest BCUT2D eigenvalue weighted by molar-refractivity contribution is 0.0595. The second-order valence-electron chi connectivity index (χ2n) is 4.94. The molecule has 0 heterocycles. The Morgan fingerprint density at radius 2 is 1.93 bits per heavy atom. The molecule has 0 aromatic carbocycles. The molecule has 0 bridgehead atoms. The van der Waals surface area contributed by atoms with Gasteiger partial charge < -0.3 is 10.5 Å². The summed E-state index contributed by atoms with van der Waals surface area (Å²) in [7, 11) is 0. The maximum absolute atomic E-state index is 6.02. The van der Waals surface area contributed by atoms with Gasteiger partial charge >= 0.3 is 0 Å². The van der Waals surface area contributed by atoms with Crippen LogP contribution in [-0.4, -0.2) is 18.8 Å². The summed E-state index contributed by atoms with van der Waals surface area (Å²) in [6, 6.07) is 0. The average Bonchev–Trinajstić information content (AvgIpc) is 2.23. The molecule has 2 heteroatoms. The number of nitrogens with two attached hydrogens (primary N) is 1. The van der Waals surface area contributed by atoms with Crippen LogP contribution in [0.5, 0.6) is 0 Å². The molecule has 0 aliphatic heterocycles. The van der Waals surface area contributed by atoms with Crippen LogP contribution in [0, 0.1) is 5.92 Å². The summed E-state index contributed by atoms with van der Waals surface area (Å²) in [5.74, 6) is 0.720. The maximum Gasteiger partial charge on any atom is 0.0643 e. The predicted molar refractivity (Wildman–Crippen MR) is 67.0 cm³/mol. The van der Waals surface area contributed by atoms with Crippen LogP contribution in [0.1, 0.15) is 59.8 Å². The fourth-order valence-electron chi connectivity index (χ4n) is 1.46. The quantitative estimate of drug-likeness (QED) is 0.640. The molecule has 2 N–H and O–H groups in total. The monoisotopic (exact) mass is 215 g/mol. The molecule has 92 valence electrons. The van der Waals surface area contributed by atoms with Gasteiger partial charge in [-0.15, -0.1) is 0 Å². The highest BCUT2D eigenvalue weighted by Gasteiger charge is 2.16. The van der Waals surface area contributed by atoms with Crippen LogP contribution in [0.4, 0.5) is 0 Å². The van der Waals surface area contributed by atoms with E-state index < -0.39 is 0 Å². The zero-order valence-electron chi connectivity index (χ0n) is 11.0. The van der Waals surface area contributed by atoms with E-state index in [4.69, 9.17) is 10.5 Å². The molecule has 15 heavy (non-hydrogen) atoms. The van der Waals surface area contributed by atoms with E-state index in [-0.39, 0.29) is 5.54 Å². The summed E-state index contributed by atoms with van der Waals surface area (Å²) >= 11 is 0. The molecule has 0 rings (SSSR count). The maximum atomic E-state index is 6.02. The minimum Gasteiger partial charge on any atom is -0.379 e. The SMILES string of the molecule is CCCCC(CC)COCC(C)(N)CC. The zero-order valence-corrected chi connectivity index (χ0v) is 11.0. The van der Waals surface area contributed by atoms with Crippen molar-refractivity contribution >= 4 is 0 Å². The van der Waals surface area contributed by atoms with Crippen molar-refractivity contribution in [2.45, 2.75) is 65.3 Å². The Balaban J connectivity index is 3.62. The Kier molecular flexibility index (Phi) is 8.07. The lowest BCUT2D eigenvalue weighted by Gasteiger charge is -2.24. The number of ether oxygens (including phenoxy) is 1. The lowest BCUT2D eigenvalue weighted by atomic mass is 10.00. The number of hydrogen-bond donors (Lipinski definition) is 1. The van der Waals surface area contributed by atoms with Crippen molar-refractivity contribution in [1.82, 2.24) is 0 Å². The second kappa shape index (κ2) is 8.12. The van der Waals surface area contributed by atoms with Crippen molar-refractivity contribution in [1.29, 1.82) is 0 Å². The molecule has 0 aromatic rings. The van der Waals surface area contributed by atoms with Crippen molar-refractivity contribution in [3.8, 4) is 0 Å². The molecule has 0 aromatic heterocycles. The van der Waals surface area contributed by atoms with E-state index in [0.29, 0.717) is 6.61 Å². The van der Waals surface area contributed by atoms with Gasteiger partial charge in [0.05, 0.1) is 6.61 Å². The molecule has 0 aliphatic carbocycles. The van der Waals surface area contributed by atoms with Gasteiger partial charge in [-0.25, -0.2) is 0 Å². The summed E-state index contributed by atoms with van der Waals surface area (Å²) in [6.45, 7) is 10.2. The predicted octanol–water partition coefficient (Wildman–Crippen LogP) is 3.35. The fraction of sp³-hybridized carbons (Fsp3) is 1.00. The number of hydrogen-bond acceptors (Lipinski definition) is 2. The molecule has 2 atom stereocenters. The summed E-state index contributed by atoms with van der Waals surface area (Å²) in [4.78, 5) is 0. The van der Waals surface area contributed by atoms with Crippen LogP contribution in [0.15, 0.2) is 0 Å². The topological polar surface area (TPSA) is 35.2 Å². The van der Waals surface area contributed by atoms with Crippen LogP contribution in [0.3, 0.4) is 0 Å². The van der Waals surface area contributed by atoms with Gasteiger partial charge in [-0.3, -0.25) is 0 Å². The third-order valence-electron chi connectivity index (χ3n) is 3.14. The average molecular weight is 215 g/mol. The van der Waals surface area contributed by atoms with Gasteiger partial charge in [0.15, 0.2) is 0 Å². The highest BCUT2D eigenvalue weighted by atomic mass is 16.5. The molecule has 0 radical (unpaired) electrons. The molecule has 0 saturated heterocycles. The van der Waals surface area contributed by atoms with E-state index in [1.807, 2.05) is 0 Å². The van der Waals surface area contributed by atoms with Crippen LogP contribution >= 0.6 is 0 Å². The van der Waals surface area contributed by atoms with Crippen LogP contribution in [0.2, 0.25) is 0 Å². The Hall–Kier alpha value is -0.0800. The van der Waals surface area contributed by atoms with Crippen LogP contribution in [-0.2, 0) is 4.74 Å². The molecular weight excluding hydrogens is 186 g/mol. The highest BCUT2D eigenvalue weighted by molar-refractivity contribution is 4.75. The Morgan fingerprint density at radius 3 is 2.40 bits per heavy atom. The first-order valence-electron chi connectivity index (χ1n) is 6.42. The van der Waals surface area contributed by atoms with E-state index in [0.717, 1.165) is 18.9 Å². The van der Waals surface area contributed by atoms with Crippen LogP contribution in [0.25, 0.3) is 0 Å². The summed E-state index contributed by atoms with van der Waals surface area (Å²) in [6.07, 6.45) is 6.07. The lowest BCUT2D eigenvalue weighted by Crippen LogP contribution is -2.40. The Morgan fingerprint density at radius 1 is 1.27 bits per heavy atom. The van der Waals surface area contributed by atoms with Gasteiger partial charge in [0.1, 0.15) is 0 Å². The molecule has 0 spiro atoms. The first-order valence-corrected chi connectivity index (χ1v) is 6.42. The van der Waals surface area contributed by atoms with E-state index >= 15 is 0 Å². The fourth-order valence-corrected chi connectivity index (χ4v) is 1.46. The standard InChI is InChI=1S/C13H29NO/c1-5-8-9-12(6-2)10-15-11-13(4,14)7-3/h12H,5-11,14H2,1-4H3. The van der Waals surface area contributed by atoms with Gasteiger partial charge in [-0.05, 0) is 25.7 Å². The van der Waals surface area contributed by atoms with Gasteiger partial charge in [-0.1, -0.05) is 40.0 Å². The first-order chi connectivity index (χ1) is 7.05. The second-order valence-corrected chi connectivity index (χ2v) is 4.94. The minimum atomic E-state index is -0.150. The van der Waals surface area contributed by atoms with Crippen molar-refractivity contribution in [3.05, 3.63) is 0 Å². The highest BCUT2D eigenvalue weighted by Crippen LogP contribution is 2.14. The minimum absolute atomic E-state index is 0.150. The third-order valence-corrected chi connectivity index (χ3v) is 3.14. The van der Waals surface area contributed by atoms with Crippen LogP contribution < -0.4 is 5.73 Å². The summed E-state index contributed by atoms with van der Waals surface area (Å²) in [5, 5.41) is 0. The molecule has 0 aliphatic rings. The first kappa shape index (κ1) is 14.9. The van der Waals surface area contributed by atoms with Crippen molar-refractivity contribution in [2.24, 2.45) is 11.7 Å². The van der Waals surface area contributed by atoms with E-state index in [9.17, 15) is 0 Å². The smallest absolute Gasteiger partial charge is 0.0643 e. The van der Waals surface area contributed by atoms with Gasteiger partial charge in [0, 0.05) is 12.1 Å². The molecule has 2 unspecified atom stereocenters. The van der Waals surface area contributed by atoms with Crippen molar-refractivity contribution < 1.29 is 4.74 Å². The van der Waals surface area contributed by atoms with Gasteiger partial charge in [0.25, 0.3) is 0 Å². The largest absolute Gasteiger partial charge is 0.379 e. The van der Waals surface area contributed by atoms with Crippen molar-refractivity contribution in [2.75, 3.05) is 13.2 Å². The molecule has 0 fully saturated rings. The molecule has 0 saturated carbocycles. The molecular formula is C13H29NO. The van der Waals surface area contributed by atoms with Gasteiger partial charge in [0.2, 0.25) is 0 Å². The summed E-state index contributed by atoms with van der Waals surface area (Å²) in [5.41, 5.74) is 5.87. The van der Waals surface area contributed by atoms with Gasteiger partial charge in [-0.2, -0.15) is 0 Å². The summed E-state index contributed by atoms with van der Waals surface area (Å²) < 4.78 is 5.71. The number of rotatable bonds is 9. The normalized spacial score (nSPS) is 17.4. The Labute approximate surface area is 95.6 Å². The zero-order chi connectivity index (χ0) is 11.7. The third kappa shape index (κ3) is 7.80. The van der Waals surface area contributed by atoms with E-state index in [1.165, 1.54) is 25.7 Å². The Bertz CT molecular complexity index is 145. The van der Waals surface area contributed by atoms with Crippen molar-refractivity contribution in [3.63, 3.8) is 0 Å².